The molecule has 0 saturated carbocycles. The Balaban J connectivity index is 2.07. The van der Waals surface area contributed by atoms with Crippen molar-refractivity contribution in [3.05, 3.63) is 46.6 Å². The highest BCUT2D eigenvalue weighted by Crippen LogP contribution is 2.40. The molecule has 2 heterocycles. The van der Waals surface area contributed by atoms with Crippen LogP contribution in [-0.4, -0.2) is 40.6 Å². The standard InChI is InChI=1S/C20H16ClF2N3O3/c1-9-15-17-16(12(22)8-14(18(17)23)29-6-5-28-2)19(24-20(15)26-25-9)10-3-4-13(27)11(21)7-10/h3-4,7-8,27H,5-6H2,1-2H3,(H,24,25,26). The average Bonchev–Trinajstić information content (AvgIpc) is 3.07. The molecule has 0 spiro atoms. The van der Waals surface area contributed by atoms with Gasteiger partial charge < -0.3 is 14.6 Å². The Bertz CT molecular complexity index is 1240. The minimum absolute atomic E-state index is 0.00728. The molecule has 6 nitrogen and oxygen atoms in total. The summed E-state index contributed by atoms with van der Waals surface area (Å²) in [6.07, 6.45) is 0. The third-order valence-electron chi connectivity index (χ3n) is 4.58. The number of phenols is 1. The lowest BCUT2D eigenvalue weighted by molar-refractivity contribution is 0.144. The topological polar surface area (TPSA) is 80.3 Å². The number of nitrogens with zero attached hydrogens (tertiary/aromatic N) is 2. The molecule has 0 amide bonds. The SMILES string of the molecule is COCCOc1cc(F)c2c(-c3ccc(O)c(Cl)c3)nc3n[nH]c(C)c3c2c1F. The predicted octanol–water partition coefficient (Wildman–Crippen LogP) is 4.75. The Kier molecular flexibility index (Phi) is 4.97. The van der Waals surface area contributed by atoms with E-state index in [1.165, 1.54) is 25.3 Å². The minimum atomic E-state index is -0.722. The van der Waals surface area contributed by atoms with Gasteiger partial charge in [-0.3, -0.25) is 5.10 Å². The van der Waals surface area contributed by atoms with Crippen LogP contribution in [-0.2, 0) is 4.74 Å². The van der Waals surface area contributed by atoms with Gasteiger partial charge in [0.05, 0.1) is 22.7 Å². The van der Waals surface area contributed by atoms with E-state index in [1.807, 2.05) is 0 Å². The minimum Gasteiger partial charge on any atom is -0.506 e. The second-order valence-electron chi connectivity index (χ2n) is 6.44. The Hall–Kier alpha value is -2.97. The summed E-state index contributed by atoms with van der Waals surface area (Å²) in [4.78, 5) is 4.42. The lowest BCUT2D eigenvalue weighted by Gasteiger charge is -2.14. The van der Waals surface area contributed by atoms with Crippen LogP contribution in [0.3, 0.4) is 0 Å². The highest BCUT2D eigenvalue weighted by molar-refractivity contribution is 6.32. The number of benzene rings is 2. The highest BCUT2D eigenvalue weighted by Gasteiger charge is 2.23. The number of nitrogens with one attached hydrogen (secondary N) is 1. The molecule has 4 aromatic rings. The Morgan fingerprint density at radius 1 is 1.14 bits per heavy atom. The van der Waals surface area contributed by atoms with Gasteiger partial charge >= 0.3 is 0 Å². The molecule has 0 aliphatic heterocycles. The Labute approximate surface area is 169 Å². The molecule has 0 aliphatic carbocycles. The number of aryl methyl sites for hydroxylation is 1. The van der Waals surface area contributed by atoms with Crippen LogP contribution in [0.1, 0.15) is 5.69 Å². The first-order valence-electron chi connectivity index (χ1n) is 8.69. The summed E-state index contributed by atoms with van der Waals surface area (Å²) in [6, 6.07) is 5.31. The van der Waals surface area contributed by atoms with Crippen molar-refractivity contribution in [2.45, 2.75) is 6.92 Å². The number of ether oxygens (including phenoxy) is 2. The van der Waals surface area contributed by atoms with Crippen LogP contribution in [0.2, 0.25) is 5.02 Å². The van der Waals surface area contributed by atoms with E-state index in [9.17, 15) is 5.11 Å². The van der Waals surface area contributed by atoms with Gasteiger partial charge in [-0.2, -0.15) is 5.10 Å². The molecule has 0 bridgehead atoms. The molecule has 0 aliphatic rings. The van der Waals surface area contributed by atoms with Crippen molar-refractivity contribution in [2.24, 2.45) is 0 Å². The van der Waals surface area contributed by atoms with Gasteiger partial charge in [-0.25, -0.2) is 13.8 Å². The number of pyridine rings is 1. The number of H-pyrrole nitrogens is 1. The number of aromatic amines is 1. The number of hydrogen-bond donors (Lipinski definition) is 2. The largest absolute Gasteiger partial charge is 0.506 e. The number of aromatic hydroxyl groups is 1. The van der Waals surface area contributed by atoms with Crippen LogP contribution in [0.25, 0.3) is 33.1 Å². The number of methoxy groups -OCH3 is 1. The van der Waals surface area contributed by atoms with Crippen molar-refractivity contribution in [1.29, 1.82) is 0 Å². The van der Waals surface area contributed by atoms with E-state index in [4.69, 9.17) is 21.1 Å². The summed E-state index contributed by atoms with van der Waals surface area (Å²) in [5.74, 6) is -1.78. The van der Waals surface area contributed by atoms with Crippen molar-refractivity contribution in [3.63, 3.8) is 0 Å². The fourth-order valence-electron chi connectivity index (χ4n) is 3.23. The van der Waals surface area contributed by atoms with Gasteiger partial charge in [0, 0.05) is 35.2 Å². The maximum absolute atomic E-state index is 15.4. The second kappa shape index (κ2) is 7.46. The highest BCUT2D eigenvalue weighted by atomic mass is 35.5. The molecule has 0 fully saturated rings. The quantitative estimate of drug-likeness (QED) is 0.456. The van der Waals surface area contributed by atoms with Gasteiger partial charge in [0.1, 0.15) is 18.2 Å². The van der Waals surface area contributed by atoms with Gasteiger partial charge in [0.15, 0.2) is 17.2 Å². The van der Waals surface area contributed by atoms with Crippen molar-refractivity contribution >= 4 is 33.4 Å². The molecule has 0 unspecified atom stereocenters. The van der Waals surface area contributed by atoms with Gasteiger partial charge in [-0.15, -0.1) is 0 Å². The molecule has 2 N–H and O–H groups in total. The molecule has 0 radical (unpaired) electrons. The summed E-state index contributed by atoms with van der Waals surface area (Å²) in [7, 11) is 1.49. The summed E-state index contributed by atoms with van der Waals surface area (Å²) in [5.41, 5.74) is 1.33. The summed E-state index contributed by atoms with van der Waals surface area (Å²) in [5, 5.41) is 17.0. The van der Waals surface area contributed by atoms with E-state index in [-0.39, 0.29) is 51.8 Å². The molecule has 150 valence electrons. The van der Waals surface area contributed by atoms with Crippen LogP contribution >= 0.6 is 11.6 Å². The molecule has 2 aromatic heterocycles. The van der Waals surface area contributed by atoms with E-state index in [0.29, 0.717) is 16.6 Å². The van der Waals surface area contributed by atoms with Crippen molar-refractivity contribution in [1.82, 2.24) is 15.2 Å². The maximum Gasteiger partial charge on any atom is 0.182 e. The zero-order chi connectivity index (χ0) is 20.7. The number of phenolic OH excluding ortho intramolecular Hbond substituents is 1. The van der Waals surface area contributed by atoms with Gasteiger partial charge in [0.25, 0.3) is 0 Å². The van der Waals surface area contributed by atoms with Crippen molar-refractivity contribution in [2.75, 3.05) is 20.3 Å². The van der Waals surface area contributed by atoms with E-state index >= 15 is 8.78 Å². The smallest absolute Gasteiger partial charge is 0.182 e. The van der Waals surface area contributed by atoms with Gasteiger partial charge in [-0.05, 0) is 25.1 Å². The number of aromatic nitrogens is 3. The first kappa shape index (κ1) is 19.4. The molecule has 4 rings (SSSR count). The van der Waals surface area contributed by atoms with Gasteiger partial charge in [-0.1, -0.05) is 11.6 Å². The molecular weight excluding hydrogens is 404 g/mol. The second-order valence-corrected chi connectivity index (χ2v) is 6.84. The van der Waals surface area contributed by atoms with Crippen molar-refractivity contribution in [3.8, 4) is 22.8 Å². The van der Waals surface area contributed by atoms with Crippen LogP contribution < -0.4 is 4.74 Å². The molecule has 2 aromatic carbocycles. The maximum atomic E-state index is 15.4. The molecule has 0 atom stereocenters. The third kappa shape index (κ3) is 3.24. The molecule has 29 heavy (non-hydrogen) atoms. The predicted molar refractivity (Wildman–Crippen MR) is 106 cm³/mol. The zero-order valence-electron chi connectivity index (χ0n) is 15.5. The summed E-state index contributed by atoms with van der Waals surface area (Å²) >= 11 is 6.01. The average molecular weight is 420 g/mol. The lowest BCUT2D eigenvalue weighted by atomic mass is 9.99. The van der Waals surface area contributed by atoms with Gasteiger partial charge in [0.2, 0.25) is 0 Å². The summed E-state index contributed by atoms with van der Waals surface area (Å²) < 4.78 is 40.9. The Morgan fingerprint density at radius 3 is 2.66 bits per heavy atom. The first-order chi connectivity index (χ1) is 13.9. The fourth-order valence-corrected chi connectivity index (χ4v) is 3.41. The normalized spacial score (nSPS) is 11.5. The summed E-state index contributed by atoms with van der Waals surface area (Å²) in [6.45, 7) is 1.99. The molecular formula is C20H16ClF2N3O3. The van der Waals surface area contributed by atoms with E-state index < -0.39 is 11.6 Å². The van der Waals surface area contributed by atoms with E-state index in [0.717, 1.165) is 6.07 Å². The Morgan fingerprint density at radius 2 is 1.93 bits per heavy atom. The number of halogens is 3. The van der Waals surface area contributed by atoms with Crippen LogP contribution in [0.4, 0.5) is 8.78 Å². The third-order valence-corrected chi connectivity index (χ3v) is 4.88. The zero-order valence-corrected chi connectivity index (χ0v) is 16.3. The van der Waals surface area contributed by atoms with Crippen molar-refractivity contribution < 1.29 is 23.4 Å². The fraction of sp³-hybridized carbons (Fsp3) is 0.200. The number of fused-ring (bicyclic) bond motifs is 3. The van der Waals surface area contributed by atoms with Crippen LogP contribution in [0, 0.1) is 18.6 Å². The molecule has 9 heteroatoms. The number of hydrogen-bond acceptors (Lipinski definition) is 5. The first-order valence-corrected chi connectivity index (χ1v) is 9.07. The molecule has 0 saturated heterocycles. The lowest BCUT2D eigenvalue weighted by Crippen LogP contribution is -2.06. The number of rotatable bonds is 5. The van der Waals surface area contributed by atoms with E-state index in [1.54, 1.807) is 6.92 Å². The van der Waals surface area contributed by atoms with Crippen LogP contribution in [0.15, 0.2) is 24.3 Å². The van der Waals surface area contributed by atoms with E-state index in [2.05, 4.69) is 15.2 Å². The monoisotopic (exact) mass is 419 g/mol. The van der Waals surface area contributed by atoms with Crippen LogP contribution in [0.5, 0.6) is 11.5 Å².